The SMILES string of the molecule is Cc1cc(Nc2cccc(C)c2C)nc(NCCc2ccccc2)n1. The molecule has 3 aromatic rings. The zero-order valence-corrected chi connectivity index (χ0v) is 15.0. The molecule has 0 saturated carbocycles. The Kier molecular flexibility index (Phi) is 5.29. The summed E-state index contributed by atoms with van der Waals surface area (Å²) < 4.78 is 0. The minimum Gasteiger partial charge on any atom is -0.354 e. The maximum Gasteiger partial charge on any atom is 0.224 e. The van der Waals surface area contributed by atoms with Crippen LogP contribution in [0.5, 0.6) is 0 Å². The van der Waals surface area contributed by atoms with E-state index >= 15 is 0 Å². The van der Waals surface area contributed by atoms with Gasteiger partial charge in [0.2, 0.25) is 5.95 Å². The van der Waals surface area contributed by atoms with Gasteiger partial charge in [-0.15, -0.1) is 0 Å². The topological polar surface area (TPSA) is 49.8 Å². The van der Waals surface area contributed by atoms with Crippen molar-refractivity contribution in [2.45, 2.75) is 27.2 Å². The Hall–Kier alpha value is -2.88. The molecule has 0 spiro atoms. The first-order valence-corrected chi connectivity index (χ1v) is 8.58. The molecule has 0 bridgehead atoms. The largest absolute Gasteiger partial charge is 0.354 e. The molecule has 0 aliphatic carbocycles. The summed E-state index contributed by atoms with van der Waals surface area (Å²) in [5.74, 6) is 1.46. The number of nitrogens with zero attached hydrogens (tertiary/aromatic N) is 2. The van der Waals surface area contributed by atoms with Gasteiger partial charge in [-0.05, 0) is 49.9 Å². The Bertz CT molecular complexity index is 844. The number of anilines is 3. The lowest BCUT2D eigenvalue weighted by Gasteiger charge is -2.13. The number of rotatable bonds is 6. The maximum absolute atomic E-state index is 4.60. The van der Waals surface area contributed by atoms with Crippen molar-refractivity contribution in [2.75, 3.05) is 17.2 Å². The van der Waals surface area contributed by atoms with Crippen LogP contribution in [0.25, 0.3) is 0 Å². The molecule has 3 rings (SSSR count). The van der Waals surface area contributed by atoms with Crippen LogP contribution in [-0.4, -0.2) is 16.5 Å². The van der Waals surface area contributed by atoms with Crippen LogP contribution in [0.2, 0.25) is 0 Å². The second kappa shape index (κ2) is 7.79. The Morgan fingerprint density at radius 1 is 0.880 bits per heavy atom. The van der Waals surface area contributed by atoms with Gasteiger partial charge in [0, 0.05) is 24.0 Å². The lowest BCUT2D eigenvalue weighted by atomic mass is 10.1. The van der Waals surface area contributed by atoms with Crippen LogP contribution in [0.4, 0.5) is 17.5 Å². The van der Waals surface area contributed by atoms with Gasteiger partial charge in [0.25, 0.3) is 0 Å². The third kappa shape index (κ3) is 4.57. The quantitative estimate of drug-likeness (QED) is 0.681. The third-order valence-corrected chi connectivity index (χ3v) is 4.26. The zero-order chi connectivity index (χ0) is 17.6. The monoisotopic (exact) mass is 332 g/mol. The molecule has 2 aromatic carbocycles. The molecule has 0 radical (unpaired) electrons. The van der Waals surface area contributed by atoms with E-state index in [0.29, 0.717) is 5.95 Å². The van der Waals surface area contributed by atoms with E-state index in [9.17, 15) is 0 Å². The molecule has 0 aliphatic rings. The van der Waals surface area contributed by atoms with Gasteiger partial charge in [0.05, 0.1) is 0 Å². The summed E-state index contributed by atoms with van der Waals surface area (Å²) in [5.41, 5.74) is 5.81. The van der Waals surface area contributed by atoms with Crippen molar-refractivity contribution >= 4 is 17.5 Å². The van der Waals surface area contributed by atoms with Crippen molar-refractivity contribution in [3.63, 3.8) is 0 Å². The predicted molar refractivity (Wildman–Crippen MR) is 105 cm³/mol. The van der Waals surface area contributed by atoms with Crippen molar-refractivity contribution in [3.05, 3.63) is 77.0 Å². The van der Waals surface area contributed by atoms with Gasteiger partial charge in [-0.3, -0.25) is 0 Å². The summed E-state index contributed by atoms with van der Waals surface area (Å²) in [6.45, 7) is 7.02. The summed E-state index contributed by atoms with van der Waals surface area (Å²) in [7, 11) is 0. The van der Waals surface area contributed by atoms with Crippen molar-refractivity contribution in [1.29, 1.82) is 0 Å². The fraction of sp³-hybridized carbons (Fsp3) is 0.238. The highest BCUT2D eigenvalue weighted by molar-refractivity contribution is 5.62. The van der Waals surface area contributed by atoms with Gasteiger partial charge in [0.1, 0.15) is 5.82 Å². The van der Waals surface area contributed by atoms with E-state index < -0.39 is 0 Å². The molecule has 0 aliphatic heterocycles. The number of aryl methyl sites for hydroxylation is 2. The van der Waals surface area contributed by atoms with E-state index in [2.05, 4.69) is 76.9 Å². The van der Waals surface area contributed by atoms with E-state index in [4.69, 9.17) is 0 Å². The van der Waals surface area contributed by atoms with Crippen LogP contribution in [0.1, 0.15) is 22.4 Å². The second-order valence-electron chi connectivity index (χ2n) is 6.25. The minimum atomic E-state index is 0.656. The van der Waals surface area contributed by atoms with E-state index in [1.807, 2.05) is 19.1 Å². The first kappa shape index (κ1) is 17.0. The van der Waals surface area contributed by atoms with Crippen molar-refractivity contribution < 1.29 is 0 Å². The van der Waals surface area contributed by atoms with E-state index in [0.717, 1.165) is 30.2 Å². The van der Waals surface area contributed by atoms with Gasteiger partial charge in [-0.25, -0.2) is 4.98 Å². The maximum atomic E-state index is 4.60. The Morgan fingerprint density at radius 3 is 2.48 bits per heavy atom. The lowest BCUT2D eigenvalue weighted by Crippen LogP contribution is -2.09. The fourth-order valence-electron chi connectivity index (χ4n) is 2.70. The number of nitrogens with one attached hydrogen (secondary N) is 2. The number of hydrogen-bond donors (Lipinski definition) is 2. The molecule has 1 heterocycles. The van der Waals surface area contributed by atoms with E-state index in [-0.39, 0.29) is 0 Å². The molecule has 128 valence electrons. The van der Waals surface area contributed by atoms with Crippen LogP contribution in [-0.2, 0) is 6.42 Å². The molecule has 25 heavy (non-hydrogen) atoms. The average Bonchev–Trinajstić information content (AvgIpc) is 2.59. The molecular formula is C21H24N4. The molecular weight excluding hydrogens is 308 g/mol. The normalized spacial score (nSPS) is 10.5. The van der Waals surface area contributed by atoms with Crippen LogP contribution in [0.15, 0.2) is 54.6 Å². The number of aromatic nitrogens is 2. The Morgan fingerprint density at radius 2 is 1.68 bits per heavy atom. The van der Waals surface area contributed by atoms with Gasteiger partial charge >= 0.3 is 0 Å². The molecule has 0 amide bonds. The summed E-state index contributed by atoms with van der Waals surface area (Å²) in [5, 5.41) is 6.74. The van der Waals surface area contributed by atoms with E-state index in [1.54, 1.807) is 0 Å². The first-order chi connectivity index (χ1) is 12.1. The average molecular weight is 332 g/mol. The standard InChI is InChI=1S/C21H24N4/c1-15-8-7-11-19(17(15)3)24-20-14-16(2)23-21(25-20)22-13-12-18-9-5-4-6-10-18/h4-11,14H,12-13H2,1-3H3,(H2,22,23,24,25). The van der Waals surface area contributed by atoms with Crippen LogP contribution in [0, 0.1) is 20.8 Å². The third-order valence-electron chi connectivity index (χ3n) is 4.26. The van der Waals surface area contributed by atoms with Crippen molar-refractivity contribution in [1.82, 2.24) is 9.97 Å². The lowest BCUT2D eigenvalue weighted by molar-refractivity contribution is 0.976. The molecule has 0 fully saturated rings. The van der Waals surface area contributed by atoms with Gasteiger partial charge in [-0.1, -0.05) is 42.5 Å². The molecule has 4 heteroatoms. The molecule has 0 saturated heterocycles. The number of benzene rings is 2. The van der Waals surface area contributed by atoms with Gasteiger partial charge in [0.15, 0.2) is 0 Å². The smallest absolute Gasteiger partial charge is 0.224 e. The second-order valence-corrected chi connectivity index (χ2v) is 6.25. The van der Waals surface area contributed by atoms with Gasteiger partial charge < -0.3 is 10.6 Å². The Labute approximate surface area is 149 Å². The highest BCUT2D eigenvalue weighted by atomic mass is 15.1. The summed E-state index contributed by atoms with van der Waals surface area (Å²) in [6, 6.07) is 18.6. The predicted octanol–water partition coefficient (Wildman–Crippen LogP) is 4.80. The molecule has 0 unspecified atom stereocenters. The Balaban J connectivity index is 1.69. The highest BCUT2D eigenvalue weighted by Crippen LogP contribution is 2.22. The van der Waals surface area contributed by atoms with Gasteiger partial charge in [-0.2, -0.15) is 4.98 Å². The molecule has 4 nitrogen and oxygen atoms in total. The molecule has 1 aromatic heterocycles. The first-order valence-electron chi connectivity index (χ1n) is 8.58. The summed E-state index contributed by atoms with van der Waals surface area (Å²) in [6.07, 6.45) is 0.942. The van der Waals surface area contributed by atoms with Crippen LogP contribution >= 0.6 is 0 Å². The van der Waals surface area contributed by atoms with Crippen LogP contribution < -0.4 is 10.6 Å². The summed E-state index contributed by atoms with van der Waals surface area (Å²) >= 11 is 0. The van der Waals surface area contributed by atoms with E-state index in [1.165, 1.54) is 16.7 Å². The molecule has 2 N–H and O–H groups in total. The number of hydrogen-bond acceptors (Lipinski definition) is 4. The minimum absolute atomic E-state index is 0.656. The van der Waals surface area contributed by atoms with Crippen molar-refractivity contribution in [2.24, 2.45) is 0 Å². The highest BCUT2D eigenvalue weighted by Gasteiger charge is 2.05. The fourth-order valence-corrected chi connectivity index (χ4v) is 2.70. The van der Waals surface area contributed by atoms with Crippen molar-refractivity contribution in [3.8, 4) is 0 Å². The summed E-state index contributed by atoms with van der Waals surface area (Å²) in [4.78, 5) is 9.08. The van der Waals surface area contributed by atoms with Crippen LogP contribution in [0.3, 0.4) is 0 Å². The zero-order valence-electron chi connectivity index (χ0n) is 15.0. The molecule has 0 atom stereocenters.